The smallest absolute Gasteiger partial charge is 0.330 e. The van der Waals surface area contributed by atoms with E-state index in [0.717, 1.165) is 16.5 Å². The third-order valence-electron chi connectivity index (χ3n) is 5.26. The minimum Gasteiger partial charge on any atom is -0.463 e. The predicted octanol–water partition coefficient (Wildman–Crippen LogP) is 6.55. The molecule has 3 nitrogen and oxygen atoms in total. The fourth-order valence-corrected chi connectivity index (χ4v) is 3.85. The molecule has 142 valence electrons. The van der Waals surface area contributed by atoms with Gasteiger partial charge in [0.25, 0.3) is 0 Å². The maximum absolute atomic E-state index is 11.5. The number of allylic oxidation sites excluding steroid dienone is 3. The van der Waals surface area contributed by atoms with E-state index >= 15 is 0 Å². The van der Waals surface area contributed by atoms with Gasteiger partial charge < -0.3 is 9.15 Å². The summed E-state index contributed by atoms with van der Waals surface area (Å²) in [5, 5.41) is 1.05. The fraction of sp³-hybridized carbons (Fsp3) is 0.375. The Morgan fingerprint density at radius 3 is 2.81 bits per heavy atom. The van der Waals surface area contributed by atoms with E-state index in [1.165, 1.54) is 36.5 Å². The van der Waals surface area contributed by atoms with Crippen LogP contribution in [-0.2, 0) is 9.53 Å². The van der Waals surface area contributed by atoms with Crippen LogP contribution in [0.5, 0.6) is 0 Å². The molecule has 3 heteroatoms. The normalized spacial score (nSPS) is 17.3. The molecule has 1 aromatic carbocycles. The molecule has 0 saturated carbocycles. The van der Waals surface area contributed by atoms with E-state index < -0.39 is 0 Å². The van der Waals surface area contributed by atoms with Gasteiger partial charge in [-0.05, 0) is 67.9 Å². The average Bonchev–Trinajstić information content (AvgIpc) is 3.03. The molecule has 0 aliphatic heterocycles. The summed E-state index contributed by atoms with van der Waals surface area (Å²) >= 11 is 0. The van der Waals surface area contributed by atoms with Gasteiger partial charge in [-0.2, -0.15) is 0 Å². The Morgan fingerprint density at radius 1 is 1.26 bits per heavy atom. The maximum Gasteiger partial charge on any atom is 0.330 e. The van der Waals surface area contributed by atoms with Crippen molar-refractivity contribution in [2.75, 3.05) is 6.61 Å². The lowest BCUT2D eigenvalue weighted by molar-refractivity contribution is -0.137. The van der Waals surface area contributed by atoms with Crippen LogP contribution in [0.15, 0.2) is 52.0 Å². The summed E-state index contributed by atoms with van der Waals surface area (Å²) in [6, 6.07) is 8.01. The lowest BCUT2D eigenvalue weighted by Crippen LogP contribution is -2.18. The molecule has 27 heavy (non-hydrogen) atoms. The van der Waals surface area contributed by atoms with Crippen molar-refractivity contribution in [1.82, 2.24) is 0 Å². The van der Waals surface area contributed by atoms with Gasteiger partial charge in [-0.3, -0.25) is 0 Å². The summed E-state index contributed by atoms with van der Waals surface area (Å²) in [6.45, 7) is 9.05. The number of esters is 1. The van der Waals surface area contributed by atoms with Crippen LogP contribution in [0.4, 0.5) is 0 Å². The molecule has 2 aromatic rings. The Morgan fingerprint density at radius 2 is 2.07 bits per heavy atom. The van der Waals surface area contributed by atoms with Crippen LogP contribution in [0, 0.1) is 5.41 Å². The minimum absolute atomic E-state index is 0.219. The molecule has 0 amide bonds. The molecule has 0 radical (unpaired) electrons. The van der Waals surface area contributed by atoms with Crippen molar-refractivity contribution in [2.24, 2.45) is 5.41 Å². The summed E-state index contributed by atoms with van der Waals surface area (Å²) in [5.41, 5.74) is 5.08. The van der Waals surface area contributed by atoms with Crippen molar-refractivity contribution in [1.29, 1.82) is 0 Å². The SMILES string of the molecule is CCOC(=O)C=Cc1cc2c(C=CC3=C(C)CCCC3(C)C)cccc2o1. The molecule has 0 unspecified atom stereocenters. The largest absolute Gasteiger partial charge is 0.463 e. The molecule has 0 saturated heterocycles. The van der Waals surface area contributed by atoms with E-state index in [2.05, 4.69) is 39.0 Å². The maximum atomic E-state index is 11.5. The zero-order valence-corrected chi connectivity index (χ0v) is 16.7. The van der Waals surface area contributed by atoms with Gasteiger partial charge in [-0.25, -0.2) is 4.79 Å². The lowest BCUT2D eigenvalue weighted by atomic mass is 9.72. The van der Waals surface area contributed by atoms with Gasteiger partial charge in [0.1, 0.15) is 11.3 Å². The predicted molar refractivity (Wildman–Crippen MR) is 111 cm³/mol. The van der Waals surface area contributed by atoms with Gasteiger partial charge in [0, 0.05) is 11.5 Å². The van der Waals surface area contributed by atoms with Crippen LogP contribution in [0.1, 0.15) is 58.3 Å². The van der Waals surface area contributed by atoms with E-state index in [-0.39, 0.29) is 11.4 Å². The molecule has 1 aromatic heterocycles. The molecule has 1 heterocycles. The van der Waals surface area contributed by atoms with Gasteiger partial charge in [0.2, 0.25) is 0 Å². The minimum atomic E-state index is -0.361. The molecule has 0 bridgehead atoms. The van der Waals surface area contributed by atoms with Gasteiger partial charge in [-0.1, -0.05) is 43.7 Å². The fourth-order valence-electron chi connectivity index (χ4n) is 3.85. The first-order valence-electron chi connectivity index (χ1n) is 9.66. The molecule has 3 rings (SSSR count). The third kappa shape index (κ3) is 4.41. The molecule has 0 spiro atoms. The van der Waals surface area contributed by atoms with Crippen molar-refractivity contribution < 1.29 is 13.9 Å². The van der Waals surface area contributed by atoms with Crippen LogP contribution in [0.3, 0.4) is 0 Å². The summed E-state index contributed by atoms with van der Waals surface area (Å²) in [6.07, 6.45) is 11.2. The second-order valence-corrected chi connectivity index (χ2v) is 7.76. The number of ether oxygens (including phenoxy) is 1. The molecule has 1 aliphatic rings. The highest BCUT2D eigenvalue weighted by atomic mass is 16.5. The van der Waals surface area contributed by atoms with E-state index in [4.69, 9.17) is 9.15 Å². The number of rotatable bonds is 5. The van der Waals surface area contributed by atoms with E-state index in [1.807, 2.05) is 18.2 Å². The number of benzene rings is 1. The van der Waals surface area contributed by atoms with Crippen LogP contribution in [-0.4, -0.2) is 12.6 Å². The lowest BCUT2D eigenvalue weighted by Gasteiger charge is -2.32. The van der Waals surface area contributed by atoms with Crippen LogP contribution in [0.25, 0.3) is 23.1 Å². The summed E-state index contributed by atoms with van der Waals surface area (Å²) in [7, 11) is 0. The van der Waals surface area contributed by atoms with Crippen LogP contribution < -0.4 is 0 Å². The topological polar surface area (TPSA) is 39.4 Å². The number of fused-ring (bicyclic) bond motifs is 1. The molecule has 1 aliphatic carbocycles. The number of hydrogen-bond acceptors (Lipinski definition) is 3. The summed E-state index contributed by atoms with van der Waals surface area (Å²) in [4.78, 5) is 11.5. The zero-order valence-electron chi connectivity index (χ0n) is 16.7. The number of hydrogen-bond donors (Lipinski definition) is 0. The zero-order chi connectivity index (χ0) is 19.4. The highest BCUT2D eigenvalue weighted by molar-refractivity contribution is 5.91. The molecule has 0 N–H and O–H groups in total. The third-order valence-corrected chi connectivity index (χ3v) is 5.26. The van der Waals surface area contributed by atoms with E-state index in [1.54, 1.807) is 13.0 Å². The molecule has 0 atom stereocenters. The van der Waals surface area contributed by atoms with Gasteiger partial charge in [0.15, 0.2) is 0 Å². The standard InChI is InChI=1S/C24H28O3/c1-5-26-23(25)14-12-19-16-20-18(9-6-10-22(20)27-19)11-13-21-17(2)8-7-15-24(21,3)4/h6,9-14,16H,5,7-8,15H2,1-4H3. The molecular weight excluding hydrogens is 336 g/mol. The quantitative estimate of drug-likeness (QED) is 0.446. The first-order valence-corrected chi connectivity index (χ1v) is 9.66. The number of carbonyl (C=O) groups excluding carboxylic acids is 1. The highest BCUT2D eigenvalue weighted by Gasteiger charge is 2.26. The molecule has 0 fully saturated rings. The Bertz CT molecular complexity index is 922. The average molecular weight is 364 g/mol. The first kappa shape index (κ1) is 19.2. The van der Waals surface area contributed by atoms with Gasteiger partial charge in [-0.15, -0.1) is 0 Å². The van der Waals surface area contributed by atoms with Gasteiger partial charge in [0.05, 0.1) is 6.61 Å². The highest BCUT2D eigenvalue weighted by Crippen LogP contribution is 2.41. The van der Waals surface area contributed by atoms with E-state index in [0.29, 0.717) is 12.4 Å². The van der Waals surface area contributed by atoms with Crippen molar-refractivity contribution >= 4 is 29.1 Å². The monoisotopic (exact) mass is 364 g/mol. The number of carbonyl (C=O) groups is 1. The van der Waals surface area contributed by atoms with Crippen LogP contribution >= 0.6 is 0 Å². The Labute approximate surface area is 161 Å². The van der Waals surface area contributed by atoms with Crippen molar-refractivity contribution in [2.45, 2.75) is 47.0 Å². The summed E-state index contributed by atoms with van der Waals surface area (Å²) < 4.78 is 10.8. The van der Waals surface area contributed by atoms with E-state index in [9.17, 15) is 4.79 Å². The molecular formula is C24H28O3. The van der Waals surface area contributed by atoms with Crippen molar-refractivity contribution in [3.8, 4) is 0 Å². The van der Waals surface area contributed by atoms with Crippen molar-refractivity contribution in [3.63, 3.8) is 0 Å². The summed E-state index contributed by atoms with van der Waals surface area (Å²) in [5.74, 6) is 0.285. The Hall–Kier alpha value is -2.55. The van der Waals surface area contributed by atoms with Gasteiger partial charge >= 0.3 is 5.97 Å². The number of furan rings is 1. The Kier molecular flexibility index (Phi) is 5.69. The van der Waals surface area contributed by atoms with Crippen LogP contribution in [0.2, 0.25) is 0 Å². The van der Waals surface area contributed by atoms with Crippen molar-refractivity contribution in [3.05, 3.63) is 58.9 Å². The second-order valence-electron chi connectivity index (χ2n) is 7.76. The Balaban J connectivity index is 1.90. The second kappa shape index (κ2) is 7.99. The first-order chi connectivity index (χ1) is 12.9.